The van der Waals surface area contributed by atoms with Crippen molar-refractivity contribution in [2.45, 2.75) is 13.0 Å². The van der Waals surface area contributed by atoms with E-state index < -0.39 is 0 Å². The maximum atomic E-state index is 5.78. The lowest BCUT2D eigenvalue weighted by Crippen LogP contribution is -2.39. The number of halogens is 1. The van der Waals surface area contributed by atoms with Gasteiger partial charge in [0.1, 0.15) is 12.4 Å². The molecule has 5 heteroatoms. The molecular weight excluding hydrogens is 238 g/mol. The number of ether oxygens (including phenoxy) is 1. The Bertz CT molecular complexity index is 391. The first-order valence-electron chi connectivity index (χ1n) is 5.67. The van der Waals surface area contributed by atoms with Crippen LogP contribution in [0.3, 0.4) is 0 Å². The van der Waals surface area contributed by atoms with Crippen molar-refractivity contribution in [3.63, 3.8) is 0 Å². The van der Waals surface area contributed by atoms with E-state index in [-0.39, 0.29) is 0 Å². The standard InChI is InChI=1S/C12H16ClN3O/c1-9-8-15-12(16-9)14-6-7-17-11-4-2-10(13)3-5-11/h2-5,9H,6-8H2,1H3,(H2,14,15,16). The fourth-order valence-electron chi connectivity index (χ4n) is 1.53. The van der Waals surface area contributed by atoms with Crippen LogP contribution in [0.25, 0.3) is 0 Å². The fourth-order valence-corrected chi connectivity index (χ4v) is 1.65. The Kier molecular flexibility index (Phi) is 4.09. The zero-order chi connectivity index (χ0) is 12.1. The first-order chi connectivity index (χ1) is 8.24. The second-order valence-corrected chi connectivity index (χ2v) is 4.40. The van der Waals surface area contributed by atoms with E-state index in [4.69, 9.17) is 16.3 Å². The maximum absolute atomic E-state index is 5.78. The van der Waals surface area contributed by atoms with Crippen LogP contribution in [0.1, 0.15) is 6.92 Å². The van der Waals surface area contributed by atoms with Crippen LogP contribution in [0.15, 0.2) is 29.3 Å². The number of hydrogen-bond acceptors (Lipinski definition) is 4. The monoisotopic (exact) mass is 253 g/mol. The van der Waals surface area contributed by atoms with Gasteiger partial charge in [-0.25, -0.2) is 0 Å². The second kappa shape index (κ2) is 5.77. The summed E-state index contributed by atoms with van der Waals surface area (Å²) in [5.74, 6) is 1.68. The third-order valence-electron chi connectivity index (χ3n) is 2.38. The molecule has 1 aliphatic heterocycles. The molecule has 0 bridgehead atoms. The SMILES string of the molecule is CC1CN=C(NCCOc2ccc(Cl)cc2)N1. The first kappa shape index (κ1) is 12.0. The highest BCUT2D eigenvalue weighted by molar-refractivity contribution is 6.30. The van der Waals surface area contributed by atoms with E-state index in [0.29, 0.717) is 17.7 Å². The van der Waals surface area contributed by atoms with Crippen LogP contribution in [0.2, 0.25) is 5.02 Å². The van der Waals surface area contributed by atoms with Crippen molar-refractivity contribution in [1.82, 2.24) is 10.6 Å². The highest BCUT2D eigenvalue weighted by atomic mass is 35.5. The predicted octanol–water partition coefficient (Wildman–Crippen LogP) is 1.66. The summed E-state index contributed by atoms with van der Waals surface area (Å²) in [7, 11) is 0. The smallest absolute Gasteiger partial charge is 0.191 e. The average Bonchev–Trinajstić information content (AvgIpc) is 2.73. The van der Waals surface area contributed by atoms with Gasteiger partial charge < -0.3 is 15.4 Å². The summed E-state index contributed by atoms with van der Waals surface area (Å²) in [4.78, 5) is 4.29. The van der Waals surface area contributed by atoms with Crippen LogP contribution in [-0.2, 0) is 0 Å². The summed E-state index contributed by atoms with van der Waals surface area (Å²) in [6.45, 7) is 4.25. The van der Waals surface area contributed by atoms with E-state index in [1.807, 2.05) is 24.3 Å². The molecule has 0 spiro atoms. The number of benzene rings is 1. The molecule has 1 aromatic carbocycles. The molecule has 2 rings (SSSR count). The molecule has 0 aliphatic carbocycles. The molecule has 0 radical (unpaired) electrons. The minimum Gasteiger partial charge on any atom is -0.492 e. The van der Waals surface area contributed by atoms with Crippen LogP contribution in [0.5, 0.6) is 5.75 Å². The Labute approximate surface area is 106 Å². The summed E-state index contributed by atoms with van der Waals surface area (Å²) in [6, 6.07) is 7.77. The van der Waals surface area contributed by atoms with Crippen molar-refractivity contribution in [2.24, 2.45) is 4.99 Å². The number of guanidine groups is 1. The molecule has 17 heavy (non-hydrogen) atoms. The molecule has 2 N–H and O–H groups in total. The van der Waals surface area contributed by atoms with Gasteiger partial charge in [0, 0.05) is 11.1 Å². The van der Waals surface area contributed by atoms with E-state index >= 15 is 0 Å². The highest BCUT2D eigenvalue weighted by Crippen LogP contribution is 2.14. The lowest BCUT2D eigenvalue weighted by Gasteiger charge is -2.10. The molecule has 0 amide bonds. The third kappa shape index (κ3) is 3.82. The van der Waals surface area contributed by atoms with Crippen LogP contribution < -0.4 is 15.4 Å². The minimum atomic E-state index is 0.426. The van der Waals surface area contributed by atoms with Gasteiger partial charge in [0.2, 0.25) is 0 Å². The number of aliphatic imine (C=N–C) groups is 1. The number of rotatable bonds is 4. The van der Waals surface area contributed by atoms with Crippen molar-refractivity contribution < 1.29 is 4.74 Å². The number of nitrogens with one attached hydrogen (secondary N) is 2. The van der Waals surface area contributed by atoms with E-state index in [1.165, 1.54) is 0 Å². The summed E-state index contributed by atoms with van der Waals surface area (Å²) in [5.41, 5.74) is 0. The molecule has 0 saturated carbocycles. The first-order valence-corrected chi connectivity index (χ1v) is 6.05. The molecule has 1 atom stereocenters. The molecule has 1 aromatic rings. The van der Waals surface area contributed by atoms with E-state index in [2.05, 4.69) is 22.5 Å². The summed E-state index contributed by atoms with van der Waals surface area (Å²) in [5, 5.41) is 7.12. The zero-order valence-electron chi connectivity index (χ0n) is 9.74. The number of nitrogens with zero attached hydrogens (tertiary/aromatic N) is 1. The molecule has 1 unspecified atom stereocenters. The molecule has 1 heterocycles. The highest BCUT2D eigenvalue weighted by Gasteiger charge is 2.10. The van der Waals surface area contributed by atoms with Crippen LogP contribution in [0.4, 0.5) is 0 Å². The predicted molar refractivity (Wildman–Crippen MR) is 69.8 cm³/mol. The Morgan fingerprint density at radius 3 is 2.88 bits per heavy atom. The molecule has 92 valence electrons. The van der Waals surface area contributed by atoms with Gasteiger partial charge in [-0.2, -0.15) is 0 Å². The topological polar surface area (TPSA) is 45.7 Å². The van der Waals surface area contributed by atoms with Crippen molar-refractivity contribution in [1.29, 1.82) is 0 Å². The van der Waals surface area contributed by atoms with Gasteiger partial charge in [-0.3, -0.25) is 4.99 Å². The summed E-state index contributed by atoms with van der Waals surface area (Å²) < 4.78 is 5.54. The van der Waals surface area contributed by atoms with Gasteiger partial charge in [-0.05, 0) is 31.2 Å². The Hall–Kier alpha value is -1.42. The number of hydrogen-bond donors (Lipinski definition) is 2. The molecule has 0 saturated heterocycles. The average molecular weight is 254 g/mol. The summed E-state index contributed by atoms with van der Waals surface area (Å²) in [6.07, 6.45) is 0. The third-order valence-corrected chi connectivity index (χ3v) is 2.64. The van der Waals surface area contributed by atoms with Crippen molar-refractivity contribution in [3.8, 4) is 5.75 Å². The van der Waals surface area contributed by atoms with Gasteiger partial charge in [-0.15, -0.1) is 0 Å². The Morgan fingerprint density at radius 1 is 1.47 bits per heavy atom. The zero-order valence-corrected chi connectivity index (χ0v) is 10.5. The van der Waals surface area contributed by atoms with Gasteiger partial charge in [0.05, 0.1) is 13.1 Å². The quantitative estimate of drug-likeness (QED) is 0.803. The van der Waals surface area contributed by atoms with E-state index in [9.17, 15) is 0 Å². The van der Waals surface area contributed by atoms with Crippen molar-refractivity contribution in [2.75, 3.05) is 19.7 Å². The molecular formula is C12H16ClN3O. The van der Waals surface area contributed by atoms with Gasteiger partial charge in [0.25, 0.3) is 0 Å². The van der Waals surface area contributed by atoms with Crippen LogP contribution >= 0.6 is 11.6 Å². The van der Waals surface area contributed by atoms with Crippen LogP contribution in [0, 0.1) is 0 Å². The van der Waals surface area contributed by atoms with Gasteiger partial charge in [-0.1, -0.05) is 11.6 Å². The Morgan fingerprint density at radius 2 is 2.24 bits per heavy atom. The maximum Gasteiger partial charge on any atom is 0.191 e. The molecule has 0 aromatic heterocycles. The van der Waals surface area contributed by atoms with Crippen molar-refractivity contribution in [3.05, 3.63) is 29.3 Å². The molecule has 4 nitrogen and oxygen atoms in total. The molecule has 1 aliphatic rings. The van der Waals surface area contributed by atoms with Crippen molar-refractivity contribution >= 4 is 17.6 Å². The lowest BCUT2D eigenvalue weighted by atomic mass is 10.3. The Balaban J connectivity index is 1.65. The van der Waals surface area contributed by atoms with E-state index in [1.54, 1.807) is 0 Å². The van der Waals surface area contributed by atoms with Gasteiger partial charge >= 0.3 is 0 Å². The minimum absolute atomic E-state index is 0.426. The molecule has 0 fully saturated rings. The fraction of sp³-hybridized carbons (Fsp3) is 0.417. The van der Waals surface area contributed by atoms with Crippen LogP contribution in [-0.4, -0.2) is 31.7 Å². The second-order valence-electron chi connectivity index (χ2n) is 3.96. The lowest BCUT2D eigenvalue weighted by molar-refractivity contribution is 0.322. The largest absolute Gasteiger partial charge is 0.492 e. The van der Waals surface area contributed by atoms with E-state index in [0.717, 1.165) is 24.8 Å². The summed E-state index contributed by atoms with van der Waals surface area (Å²) >= 11 is 5.78. The van der Waals surface area contributed by atoms with Gasteiger partial charge in [0.15, 0.2) is 5.96 Å². The normalized spacial score (nSPS) is 18.5.